The minimum Gasteiger partial charge on any atom is -0.383 e. The lowest BCUT2D eigenvalue weighted by atomic mass is 9.93. The van der Waals surface area contributed by atoms with Gasteiger partial charge in [0.1, 0.15) is 6.07 Å². The van der Waals surface area contributed by atoms with Crippen molar-refractivity contribution in [2.75, 3.05) is 14.1 Å². The van der Waals surface area contributed by atoms with Crippen LogP contribution in [0.5, 0.6) is 0 Å². The first-order valence-electron chi connectivity index (χ1n) is 6.14. The van der Waals surface area contributed by atoms with Gasteiger partial charge in [0.25, 0.3) is 0 Å². The summed E-state index contributed by atoms with van der Waals surface area (Å²) in [5, 5.41) is 9.33. The van der Waals surface area contributed by atoms with Crippen LogP contribution in [0.15, 0.2) is 30.0 Å². The van der Waals surface area contributed by atoms with Crippen LogP contribution in [0.25, 0.3) is 0 Å². The van der Waals surface area contributed by atoms with Gasteiger partial charge in [0.05, 0.1) is 10.6 Å². The lowest BCUT2D eigenvalue weighted by molar-refractivity contribution is -0.114. The molecule has 0 aliphatic heterocycles. The van der Waals surface area contributed by atoms with Crippen molar-refractivity contribution in [3.63, 3.8) is 0 Å². The molecule has 1 aliphatic carbocycles. The molecule has 0 amide bonds. The van der Waals surface area contributed by atoms with Gasteiger partial charge in [-0.2, -0.15) is 5.26 Å². The van der Waals surface area contributed by atoms with E-state index in [4.69, 9.17) is 16.9 Å². The number of ketones is 1. The number of rotatable bonds is 2. The molecule has 0 bridgehead atoms. The largest absolute Gasteiger partial charge is 0.383 e. The first-order valence-corrected chi connectivity index (χ1v) is 6.51. The number of hydrogen-bond donors (Lipinski definition) is 0. The SMILES string of the molecule is CN(C)/C=C1\C(=O)CC[C@H]1c1ccc(C#N)c(Cl)c1. The van der Waals surface area contributed by atoms with Gasteiger partial charge in [-0.1, -0.05) is 17.7 Å². The molecular weight excluding hydrogens is 260 g/mol. The number of benzene rings is 1. The Morgan fingerprint density at radius 1 is 1.47 bits per heavy atom. The smallest absolute Gasteiger partial charge is 0.160 e. The van der Waals surface area contributed by atoms with Gasteiger partial charge in [-0.3, -0.25) is 4.79 Å². The van der Waals surface area contributed by atoms with Gasteiger partial charge >= 0.3 is 0 Å². The molecule has 0 unspecified atom stereocenters. The number of allylic oxidation sites excluding steroid dienone is 1. The van der Waals surface area contributed by atoms with Crippen LogP contribution in [0.3, 0.4) is 0 Å². The Bertz CT molecular complexity index is 584. The number of halogens is 1. The molecule has 19 heavy (non-hydrogen) atoms. The first-order chi connectivity index (χ1) is 9.02. The van der Waals surface area contributed by atoms with Crippen LogP contribution < -0.4 is 0 Å². The van der Waals surface area contributed by atoms with Crippen molar-refractivity contribution in [1.82, 2.24) is 4.90 Å². The third-order valence-electron chi connectivity index (χ3n) is 3.27. The zero-order valence-corrected chi connectivity index (χ0v) is 11.7. The molecule has 0 saturated heterocycles. The minimum atomic E-state index is 0.0835. The number of carbonyl (C=O) groups is 1. The van der Waals surface area contributed by atoms with Crippen LogP contribution in [-0.4, -0.2) is 24.8 Å². The second-order valence-corrected chi connectivity index (χ2v) is 5.32. The zero-order chi connectivity index (χ0) is 14.0. The normalized spacial score (nSPS) is 20.6. The van der Waals surface area contributed by atoms with E-state index in [9.17, 15) is 4.79 Å². The molecule has 4 heteroatoms. The van der Waals surface area contributed by atoms with E-state index in [1.165, 1.54) is 0 Å². The summed E-state index contributed by atoms with van der Waals surface area (Å²) in [6.45, 7) is 0. The van der Waals surface area contributed by atoms with Crippen LogP contribution in [0.4, 0.5) is 0 Å². The van der Waals surface area contributed by atoms with Crippen LogP contribution in [0.2, 0.25) is 5.02 Å². The topological polar surface area (TPSA) is 44.1 Å². The molecule has 98 valence electrons. The molecule has 1 aromatic carbocycles. The molecule has 1 aromatic rings. The van der Waals surface area contributed by atoms with Gasteiger partial charge in [0, 0.05) is 38.2 Å². The molecule has 0 aromatic heterocycles. The zero-order valence-electron chi connectivity index (χ0n) is 11.0. The highest BCUT2D eigenvalue weighted by atomic mass is 35.5. The number of nitrogens with zero attached hydrogens (tertiary/aromatic N) is 2. The van der Waals surface area contributed by atoms with Gasteiger partial charge in [-0.15, -0.1) is 0 Å². The molecule has 0 N–H and O–H groups in total. The molecule has 1 atom stereocenters. The highest BCUT2D eigenvalue weighted by Crippen LogP contribution is 2.38. The van der Waals surface area contributed by atoms with Crippen molar-refractivity contribution < 1.29 is 4.79 Å². The van der Waals surface area contributed by atoms with Crippen molar-refractivity contribution in [3.8, 4) is 6.07 Å². The van der Waals surface area contributed by atoms with E-state index < -0.39 is 0 Å². The Balaban J connectivity index is 2.39. The molecule has 0 heterocycles. The van der Waals surface area contributed by atoms with Gasteiger partial charge in [-0.25, -0.2) is 0 Å². The summed E-state index contributed by atoms with van der Waals surface area (Å²) in [6, 6.07) is 7.44. The van der Waals surface area contributed by atoms with Gasteiger partial charge in [0.2, 0.25) is 0 Å². The summed E-state index contributed by atoms with van der Waals surface area (Å²) in [7, 11) is 3.81. The molecule has 1 aliphatic rings. The predicted molar refractivity (Wildman–Crippen MR) is 74.9 cm³/mol. The van der Waals surface area contributed by atoms with E-state index in [-0.39, 0.29) is 11.7 Å². The Kier molecular flexibility index (Phi) is 3.92. The van der Waals surface area contributed by atoms with E-state index in [1.54, 1.807) is 12.1 Å². The van der Waals surface area contributed by atoms with E-state index >= 15 is 0 Å². The van der Waals surface area contributed by atoms with E-state index in [2.05, 4.69) is 0 Å². The maximum absolute atomic E-state index is 11.9. The second kappa shape index (κ2) is 5.46. The Morgan fingerprint density at radius 3 is 2.79 bits per heavy atom. The molecule has 3 nitrogen and oxygen atoms in total. The average molecular weight is 275 g/mol. The molecule has 0 radical (unpaired) electrons. The van der Waals surface area contributed by atoms with Crippen molar-refractivity contribution in [2.24, 2.45) is 0 Å². The van der Waals surface area contributed by atoms with Crippen LogP contribution in [0, 0.1) is 11.3 Å². The molecule has 1 saturated carbocycles. The Morgan fingerprint density at radius 2 is 2.21 bits per heavy atom. The van der Waals surface area contributed by atoms with Crippen LogP contribution in [-0.2, 0) is 4.79 Å². The second-order valence-electron chi connectivity index (χ2n) is 4.91. The Labute approximate surface area is 118 Å². The highest BCUT2D eigenvalue weighted by Gasteiger charge is 2.30. The minimum absolute atomic E-state index is 0.0835. The van der Waals surface area contributed by atoms with Gasteiger partial charge in [0.15, 0.2) is 5.78 Å². The number of nitriles is 1. The quantitative estimate of drug-likeness (QED) is 0.779. The Hall–Kier alpha value is -1.79. The molecular formula is C15H15ClN2O. The van der Waals surface area contributed by atoms with Gasteiger partial charge in [-0.05, 0) is 24.1 Å². The average Bonchev–Trinajstić information content (AvgIpc) is 2.70. The van der Waals surface area contributed by atoms with Crippen LogP contribution >= 0.6 is 11.6 Å². The monoisotopic (exact) mass is 274 g/mol. The first kappa shape index (κ1) is 13.6. The van der Waals surface area contributed by atoms with Crippen molar-refractivity contribution >= 4 is 17.4 Å². The van der Waals surface area contributed by atoms with Crippen LogP contribution in [0.1, 0.15) is 29.9 Å². The fourth-order valence-electron chi connectivity index (χ4n) is 2.39. The van der Waals surface area contributed by atoms with Gasteiger partial charge < -0.3 is 4.90 Å². The summed E-state index contributed by atoms with van der Waals surface area (Å²) in [4.78, 5) is 13.8. The summed E-state index contributed by atoms with van der Waals surface area (Å²) in [6.07, 6.45) is 3.26. The van der Waals surface area contributed by atoms with E-state index in [0.29, 0.717) is 17.0 Å². The fourth-order valence-corrected chi connectivity index (χ4v) is 2.63. The number of carbonyl (C=O) groups excluding carboxylic acids is 1. The lowest BCUT2D eigenvalue weighted by Crippen LogP contribution is -2.09. The summed E-state index contributed by atoms with van der Waals surface area (Å²) in [5.74, 6) is 0.277. The van der Waals surface area contributed by atoms with Crippen molar-refractivity contribution in [1.29, 1.82) is 5.26 Å². The number of hydrogen-bond acceptors (Lipinski definition) is 3. The number of Topliss-reactive ketones (excluding diaryl/α,β-unsaturated/α-hetero) is 1. The molecule has 1 fully saturated rings. The third kappa shape index (κ3) is 2.80. The highest BCUT2D eigenvalue weighted by molar-refractivity contribution is 6.31. The standard InChI is InChI=1S/C15H15ClN2O/c1-18(2)9-13-12(5-6-15(13)19)10-3-4-11(8-17)14(16)7-10/h3-4,7,9,12H,5-6H2,1-2H3/b13-9-/t12-/m0/s1. The summed E-state index contributed by atoms with van der Waals surface area (Å²) in [5.41, 5.74) is 2.29. The maximum Gasteiger partial charge on any atom is 0.160 e. The van der Waals surface area contributed by atoms with E-state index in [1.807, 2.05) is 37.3 Å². The molecule has 2 rings (SSSR count). The van der Waals surface area contributed by atoms with Crippen molar-refractivity contribution in [3.05, 3.63) is 46.1 Å². The van der Waals surface area contributed by atoms with Crippen molar-refractivity contribution in [2.45, 2.75) is 18.8 Å². The van der Waals surface area contributed by atoms with E-state index in [0.717, 1.165) is 17.6 Å². The third-order valence-corrected chi connectivity index (χ3v) is 3.58. The predicted octanol–water partition coefficient (Wildman–Crippen LogP) is 3.10. The maximum atomic E-state index is 11.9. The fraction of sp³-hybridized carbons (Fsp3) is 0.333. The lowest BCUT2D eigenvalue weighted by Gasteiger charge is -2.15. The summed E-state index contributed by atoms with van der Waals surface area (Å²) >= 11 is 6.06. The molecule has 0 spiro atoms. The summed E-state index contributed by atoms with van der Waals surface area (Å²) < 4.78 is 0.